The van der Waals surface area contributed by atoms with Crippen molar-refractivity contribution in [2.24, 2.45) is 5.73 Å². The van der Waals surface area contributed by atoms with E-state index in [-0.39, 0.29) is 12.1 Å². The van der Waals surface area contributed by atoms with Crippen LogP contribution >= 0.6 is 11.3 Å². The molecular weight excluding hydrogens is 222 g/mol. The Morgan fingerprint density at radius 1 is 1.75 bits per heavy atom. The van der Waals surface area contributed by atoms with Gasteiger partial charge in [-0.3, -0.25) is 4.90 Å². The Bertz CT molecular complexity index is 340. The summed E-state index contributed by atoms with van der Waals surface area (Å²) in [7, 11) is 0. The van der Waals surface area contributed by atoms with Crippen LogP contribution in [0.25, 0.3) is 0 Å². The average molecular weight is 241 g/mol. The smallest absolute Gasteiger partial charge is 0.0897 e. The highest BCUT2D eigenvalue weighted by Gasteiger charge is 2.23. The fourth-order valence-corrected chi connectivity index (χ4v) is 2.73. The molecule has 0 saturated carbocycles. The van der Waals surface area contributed by atoms with Gasteiger partial charge in [-0.05, 0) is 13.8 Å². The minimum Gasteiger partial charge on any atom is -0.374 e. The summed E-state index contributed by atoms with van der Waals surface area (Å²) < 4.78 is 5.63. The molecule has 0 aliphatic carbocycles. The Labute approximate surface area is 100 Å². The van der Waals surface area contributed by atoms with E-state index in [1.165, 1.54) is 4.88 Å². The van der Waals surface area contributed by atoms with E-state index in [1.807, 2.05) is 20.0 Å². The summed E-state index contributed by atoms with van der Waals surface area (Å²) in [6.07, 6.45) is 2.14. The number of hydrogen-bond donors (Lipinski definition) is 1. The van der Waals surface area contributed by atoms with Crippen LogP contribution < -0.4 is 5.73 Å². The molecule has 5 heteroatoms. The Balaban J connectivity index is 1.90. The zero-order valence-corrected chi connectivity index (χ0v) is 10.7. The lowest BCUT2D eigenvalue weighted by molar-refractivity contribution is -0.0400. The molecule has 1 aliphatic rings. The van der Waals surface area contributed by atoms with E-state index in [9.17, 15) is 0 Å². The first-order chi connectivity index (χ1) is 7.65. The van der Waals surface area contributed by atoms with Crippen LogP contribution in [0.5, 0.6) is 0 Å². The average Bonchev–Trinajstić information content (AvgIpc) is 2.64. The third-order valence-electron chi connectivity index (χ3n) is 2.81. The van der Waals surface area contributed by atoms with Crippen LogP contribution in [0.1, 0.15) is 16.8 Å². The van der Waals surface area contributed by atoms with Gasteiger partial charge in [-0.15, -0.1) is 11.3 Å². The van der Waals surface area contributed by atoms with Crippen molar-refractivity contribution >= 4 is 11.3 Å². The van der Waals surface area contributed by atoms with Gasteiger partial charge < -0.3 is 10.5 Å². The number of nitrogens with zero attached hydrogens (tertiary/aromatic N) is 2. The Hall–Kier alpha value is -0.490. The van der Waals surface area contributed by atoms with Gasteiger partial charge in [0.1, 0.15) is 0 Å². The molecule has 0 spiro atoms. The van der Waals surface area contributed by atoms with Gasteiger partial charge in [-0.25, -0.2) is 4.98 Å². The van der Waals surface area contributed by atoms with Crippen LogP contribution in [0, 0.1) is 6.92 Å². The molecule has 2 N–H and O–H groups in total. The molecule has 1 fully saturated rings. The maximum Gasteiger partial charge on any atom is 0.0897 e. The number of morpholine rings is 1. The van der Waals surface area contributed by atoms with Crippen molar-refractivity contribution < 1.29 is 4.74 Å². The largest absolute Gasteiger partial charge is 0.374 e. The van der Waals surface area contributed by atoms with Gasteiger partial charge in [0, 0.05) is 36.8 Å². The fourth-order valence-electron chi connectivity index (χ4n) is 1.89. The van der Waals surface area contributed by atoms with Crippen LogP contribution in [0.15, 0.2) is 6.20 Å². The van der Waals surface area contributed by atoms with Crippen molar-refractivity contribution in [2.75, 3.05) is 19.7 Å². The van der Waals surface area contributed by atoms with Gasteiger partial charge in [0.05, 0.1) is 17.7 Å². The van der Waals surface area contributed by atoms with E-state index in [2.05, 4.69) is 9.88 Å². The van der Waals surface area contributed by atoms with E-state index < -0.39 is 0 Å². The van der Waals surface area contributed by atoms with Gasteiger partial charge in [0.2, 0.25) is 0 Å². The molecule has 0 bridgehead atoms. The summed E-state index contributed by atoms with van der Waals surface area (Å²) in [6.45, 7) is 7.71. The van der Waals surface area contributed by atoms with Crippen LogP contribution in [0.2, 0.25) is 0 Å². The zero-order chi connectivity index (χ0) is 11.5. The third-order valence-corrected chi connectivity index (χ3v) is 3.71. The minimum atomic E-state index is 0.103. The highest BCUT2D eigenvalue weighted by atomic mass is 32.1. The van der Waals surface area contributed by atoms with Crippen LogP contribution in [-0.4, -0.2) is 41.7 Å². The molecule has 2 atom stereocenters. The van der Waals surface area contributed by atoms with E-state index in [0.717, 1.165) is 31.2 Å². The van der Waals surface area contributed by atoms with E-state index in [1.54, 1.807) is 11.3 Å². The third kappa shape index (κ3) is 3.01. The Kier molecular flexibility index (Phi) is 3.91. The summed E-state index contributed by atoms with van der Waals surface area (Å²) in [5.74, 6) is 0. The van der Waals surface area contributed by atoms with Gasteiger partial charge in [0.15, 0.2) is 0 Å². The van der Waals surface area contributed by atoms with Crippen LogP contribution in [0.3, 0.4) is 0 Å². The monoisotopic (exact) mass is 241 g/mol. The molecule has 1 aliphatic heterocycles. The maximum atomic E-state index is 5.87. The molecule has 0 aromatic carbocycles. The van der Waals surface area contributed by atoms with Crippen molar-refractivity contribution in [3.05, 3.63) is 16.1 Å². The molecule has 1 aromatic heterocycles. The molecule has 16 heavy (non-hydrogen) atoms. The lowest BCUT2D eigenvalue weighted by Gasteiger charge is -2.34. The number of nitrogens with two attached hydrogens (primary N) is 1. The maximum absolute atomic E-state index is 5.87. The second-order valence-electron chi connectivity index (χ2n) is 4.35. The van der Waals surface area contributed by atoms with Crippen molar-refractivity contribution in [3.8, 4) is 0 Å². The summed E-state index contributed by atoms with van der Waals surface area (Å²) >= 11 is 1.77. The highest BCUT2D eigenvalue weighted by Crippen LogP contribution is 2.16. The minimum absolute atomic E-state index is 0.103. The molecule has 2 rings (SSSR count). The highest BCUT2D eigenvalue weighted by molar-refractivity contribution is 7.11. The fraction of sp³-hybridized carbons (Fsp3) is 0.727. The molecule has 1 aromatic rings. The molecule has 0 amide bonds. The normalized spacial score (nSPS) is 24.6. The number of ether oxygens (including phenoxy) is 1. The van der Waals surface area contributed by atoms with Gasteiger partial charge >= 0.3 is 0 Å². The zero-order valence-electron chi connectivity index (χ0n) is 9.85. The quantitative estimate of drug-likeness (QED) is 0.858. The number of aryl methyl sites for hydroxylation is 1. The molecule has 2 unspecified atom stereocenters. The van der Waals surface area contributed by atoms with E-state index in [4.69, 9.17) is 10.5 Å². The summed E-state index contributed by atoms with van der Waals surface area (Å²) in [4.78, 5) is 7.99. The first-order valence-corrected chi connectivity index (χ1v) is 6.47. The van der Waals surface area contributed by atoms with Gasteiger partial charge in [-0.1, -0.05) is 0 Å². The molecule has 0 radical (unpaired) electrons. The van der Waals surface area contributed by atoms with Crippen molar-refractivity contribution in [3.63, 3.8) is 0 Å². The Morgan fingerprint density at radius 3 is 3.19 bits per heavy atom. The first-order valence-electron chi connectivity index (χ1n) is 5.66. The number of thiazole rings is 1. The Morgan fingerprint density at radius 2 is 2.56 bits per heavy atom. The van der Waals surface area contributed by atoms with Crippen molar-refractivity contribution in [2.45, 2.75) is 32.5 Å². The second-order valence-corrected chi connectivity index (χ2v) is 5.67. The second kappa shape index (κ2) is 5.23. The molecular formula is C11H19N3OS. The van der Waals surface area contributed by atoms with Crippen molar-refractivity contribution in [1.82, 2.24) is 9.88 Å². The number of rotatable bonds is 3. The molecule has 4 nitrogen and oxygen atoms in total. The first kappa shape index (κ1) is 12.0. The topological polar surface area (TPSA) is 51.4 Å². The number of hydrogen-bond acceptors (Lipinski definition) is 5. The SMILES string of the molecule is Cc1ncc(CN2CCOC(C(C)N)C2)s1. The van der Waals surface area contributed by atoms with E-state index >= 15 is 0 Å². The summed E-state index contributed by atoms with van der Waals surface area (Å²) in [5.41, 5.74) is 5.87. The van der Waals surface area contributed by atoms with Crippen molar-refractivity contribution in [1.29, 1.82) is 0 Å². The van der Waals surface area contributed by atoms with Crippen LogP contribution in [-0.2, 0) is 11.3 Å². The summed E-state index contributed by atoms with van der Waals surface area (Å²) in [6, 6.07) is 0.103. The van der Waals surface area contributed by atoms with Crippen LogP contribution in [0.4, 0.5) is 0 Å². The van der Waals surface area contributed by atoms with Gasteiger partial charge in [0.25, 0.3) is 0 Å². The lowest BCUT2D eigenvalue weighted by Crippen LogP contribution is -2.49. The molecule has 1 saturated heterocycles. The van der Waals surface area contributed by atoms with E-state index in [0.29, 0.717) is 0 Å². The lowest BCUT2D eigenvalue weighted by atomic mass is 10.1. The standard InChI is InChI=1S/C11H19N3OS/c1-8(12)11-7-14(3-4-15-11)6-10-5-13-9(2)16-10/h5,8,11H,3-4,6-7,12H2,1-2H3. The molecule has 90 valence electrons. The molecule has 2 heterocycles. The summed E-state index contributed by atoms with van der Waals surface area (Å²) in [5, 5.41) is 1.13. The van der Waals surface area contributed by atoms with Gasteiger partial charge in [-0.2, -0.15) is 0 Å². The predicted octanol–water partition coefficient (Wildman–Crippen LogP) is 1.000. The number of aromatic nitrogens is 1. The predicted molar refractivity (Wildman–Crippen MR) is 65.5 cm³/mol.